The molecule has 5 heteroatoms. The monoisotopic (exact) mass is 331 g/mol. The number of H-pyrrole nitrogens is 1. The number of rotatable bonds is 3. The smallest absolute Gasteiger partial charge is 0.410 e. The number of nitrogens with one attached hydrogen (secondary N) is 1. The molecule has 0 aliphatic carbocycles. The molecule has 0 bridgehead atoms. The van der Waals surface area contributed by atoms with E-state index in [4.69, 9.17) is 11.3 Å². The Balaban J connectivity index is 1.86. The van der Waals surface area contributed by atoms with Crippen molar-refractivity contribution in [3.8, 4) is 17.0 Å². The number of aryl methyl sites for hydroxylation is 1. The second-order valence-corrected chi connectivity index (χ2v) is 5.62. The molecule has 1 amide bonds. The third-order valence-electron chi connectivity index (χ3n) is 3.87. The first kappa shape index (κ1) is 16.3. The standard InChI is InChI=1S/C20H17N3O2/c1-14-9-11-16(12-10-14)25-20(24)23(3)17-13-22-18(19(17)21-2)15-7-5-4-6-8-15/h4-13,22H,1,3H3. The van der Waals surface area contributed by atoms with Crippen LogP contribution in [0.3, 0.4) is 0 Å². The van der Waals surface area contributed by atoms with E-state index in [0.29, 0.717) is 22.8 Å². The maximum absolute atomic E-state index is 12.4. The highest BCUT2D eigenvalue weighted by Crippen LogP contribution is 2.38. The molecular formula is C20H17N3O2. The molecule has 3 aromatic rings. The summed E-state index contributed by atoms with van der Waals surface area (Å²) in [6.45, 7) is 9.46. The van der Waals surface area contributed by atoms with Crippen molar-refractivity contribution in [2.24, 2.45) is 0 Å². The van der Waals surface area contributed by atoms with Crippen molar-refractivity contribution in [1.82, 2.24) is 4.98 Å². The van der Waals surface area contributed by atoms with Gasteiger partial charge in [-0.25, -0.2) is 9.64 Å². The largest absolute Gasteiger partial charge is 0.418 e. The second kappa shape index (κ2) is 6.93. The Morgan fingerprint density at radius 1 is 1.12 bits per heavy atom. The quantitative estimate of drug-likeness (QED) is 0.673. The average Bonchev–Trinajstić information content (AvgIpc) is 3.07. The number of carbonyl (C=O) groups is 1. The number of hydrogen-bond acceptors (Lipinski definition) is 2. The van der Waals surface area contributed by atoms with E-state index >= 15 is 0 Å². The molecule has 25 heavy (non-hydrogen) atoms. The Labute approximate surface area is 146 Å². The van der Waals surface area contributed by atoms with Crippen molar-refractivity contribution in [1.29, 1.82) is 0 Å². The number of aromatic amines is 1. The summed E-state index contributed by atoms with van der Waals surface area (Å²) in [5, 5.41) is 0. The highest BCUT2D eigenvalue weighted by atomic mass is 16.6. The minimum Gasteiger partial charge on any atom is -0.410 e. The zero-order valence-corrected chi connectivity index (χ0v) is 14.0. The molecular weight excluding hydrogens is 314 g/mol. The van der Waals surface area contributed by atoms with Crippen molar-refractivity contribution in [2.75, 3.05) is 11.9 Å². The number of nitrogens with zero attached hydrogens (tertiary/aromatic N) is 2. The predicted octanol–water partition coefficient (Wildman–Crippen LogP) is 5.18. The first-order chi connectivity index (χ1) is 12.1. The Kier molecular flexibility index (Phi) is 4.53. The van der Waals surface area contributed by atoms with Gasteiger partial charge < -0.3 is 9.72 Å². The molecule has 0 saturated carbocycles. The number of amides is 1. The van der Waals surface area contributed by atoms with E-state index in [1.807, 2.05) is 49.4 Å². The van der Waals surface area contributed by atoms with Gasteiger partial charge in [0.15, 0.2) is 0 Å². The Hall–Kier alpha value is -3.52. The number of carbonyl (C=O) groups excluding carboxylic acids is 1. The van der Waals surface area contributed by atoms with Gasteiger partial charge in [0.1, 0.15) is 5.75 Å². The highest BCUT2D eigenvalue weighted by Gasteiger charge is 2.21. The van der Waals surface area contributed by atoms with Crippen molar-refractivity contribution < 1.29 is 9.53 Å². The summed E-state index contributed by atoms with van der Waals surface area (Å²) < 4.78 is 5.37. The summed E-state index contributed by atoms with van der Waals surface area (Å²) in [5.41, 5.74) is 3.52. The van der Waals surface area contributed by atoms with Gasteiger partial charge in [-0.15, -0.1) is 0 Å². The van der Waals surface area contributed by atoms with Gasteiger partial charge in [-0.3, -0.25) is 4.90 Å². The highest BCUT2D eigenvalue weighted by molar-refractivity contribution is 5.97. The SMILES string of the molecule is [C-]#[N+]c1c(N(C)C(=O)Oc2ccc(C)cc2)c[nH]c1-c1ccccc1. The van der Waals surface area contributed by atoms with Gasteiger partial charge in [-0.05, 0) is 24.6 Å². The first-order valence-corrected chi connectivity index (χ1v) is 7.76. The van der Waals surface area contributed by atoms with Crippen LogP contribution in [0.1, 0.15) is 5.56 Å². The molecule has 0 radical (unpaired) electrons. The van der Waals surface area contributed by atoms with Crippen LogP contribution in [0.15, 0.2) is 60.8 Å². The van der Waals surface area contributed by atoms with Gasteiger partial charge in [-0.1, -0.05) is 48.0 Å². The fourth-order valence-electron chi connectivity index (χ4n) is 2.47. The lowest BCUT2D eigenvalue weighted by atomic mass is 10.1. The lowest BCUT2D eigenvalue weighted by Gasteiger charge is -2.16. The molecule has 5 nitrogen and oxygen atoms in total. The molecule has 0 saturated heterocycles. The van der Waals surface area contributed by atoms with E-state index in [1.54, 1.807) is 25.4 Å². The first-order valence-electron chi connectivity index (χ1n) is 7.76. The van der Waals surface area contributed by atoms with Crippen LogP contribution in [0.2, 0.25) is 0 Å². The van der Waals surface area contributed by atoms with Crippen molar-refractivity contribution >= 4 is 17.5 Å². The molecule has 0 atom stereocenters. The molecule has 0 aliphatic rings. The van der Waals surface area contributed by atoms with Crippen LogP contribution < -0.4 is 9.64 Å². The summed E-state index contributed by atoms with van der Waals surface area (Å²) in [6.07, 6.45) is 1.10. The van der Waals surface area contributed by atoms with Crippen LogP contribution in [-0.4, -0.2) is 18.1 Å². The molecule has 1 N–H and O–H groups in total. The van der Waals surface area contributed by atoms with Crippen LogP contribution in [0.5, 0.6) is 5.75 Å². The normalized spacial score (nSPS) is 10.1. The minimum atomic E-state index is -0.549. The summed E-state index contributed by atoms with van der Waals surface area (Å²) >= 11 is 0. The van der Waals surface area contributed by atoms with Gasteiger partial charge in [-0.2, -0.15) is 0 Å². The summed E-state index contributed by atoms with van der Waals surface area (Å²) in [5.74, 6) is 0.464. The number of hydrogen-bond donors (Lipinski definition) is 1. The van der Waals surface area contributed by atoms with E-state index in [0.717, 1.165) is 11.1 Å². The fourth-order valence-corrected chi connectivity index (χ4v) is 2.47. The average molecular weight is 331 g/mol. The third-order valence-corrected chi connectivity index (χ3v) is 3.87. The zero-order valence-electron chi connectivity index (χ0n) is 14.0. The summed E-state index contributed by atoms with van der Waals surface area (Å²) in [7, 11) is 1.59. The molecule has 3 rings (SSSR count). The lowest BCUT2D eigenvalue weighted by molar-refractivity contribution is 0.209. The van der Waals surface area contributed by atoms with E-state index in [9.17, 15) is 4.79 Å². The number of benzene rings is 2. The van der Waals surface area contributed by atoms with Crippen molar-refractivity contribution in [3.63, 3.8) is 0 Å². The molecule has 0 aliphatic heterocycles. The number of aromatic nitrogens is 1. The molecule has 2 aromatic carbocycles. The summed E-state index contributed by atoms with van der Waals surface area (Å²) in [6, 6.07) is 16.8. The van der Waals surface area contributed by atoms with E-state index in [2.05, 4.69) is 9.83 Å². The molecule has 0 spiro atoms. The van der Waals surface area contributed by atoms with Crippen LogP contribution in [0.4, 0.5) is 16.2 Å². The summed E-state index contributed by atoms with van der Waals surface area (Å²) in [4.78, 5) is 20.4. The lowest BCUT2D eigenvalue weighted by Crippen LogP contribution is -2.29. The maximum atomic E-state index is 12.4. The Morgan fingerprint density at radius 2 is 1.80 bits per heavy atom. The van der Waals surface area contributed by atoms with Crippen molar-refractivity contribution in [3.05, 3.63) is 77.8 Å². The Morgan fingerprint density at radius 3 is 2.44 bits per heavy atom. The Bertz CT molecular complexity index is 922. The van der Waals surface area contributed by atoms with Crippen molar-refractivity contribution in [2.45, 2.75) is 6.92 Å². The van der Waals surface area contributed by atoms with Gasteiger partial charge in [0.25, 0.3) is 0 Å². The number of ether oxygens (including phenoxy) is 1. The molecule has 124 valence electrons. The topological polar surface area (TPSA) is 49.7 Å². The van der Waals surface area contributed by atoms with Gasteiger partial charge >= 0.3 is 6.09 Å². The molecule has 0 unspecified atom stereocenters. The minimum absolute atomic E-state index is 0.384. The second-order valence-electron chi connectivity index (χ2n) is 5.62. The predicted molar refractivity (Wildman–Crippen MR) is 98.1 cm³/mol. The van der Waals surface area contributed by atoms with E-state index < -0.39 is 6.09 Å². The van der Waals surface area contributed by atoms with Gasteiger partial charge in [0, 0.05) is 13.2 Å². The third kappa shape index (κ3) is 3.38. The number of anilines is 1. The zero-order chi connectivity index (χ0) is 17.8. The molecule has 0 fully saturated rings. The van der Waals surface area contributed by atoms with Crippen LogP contribution >= 0.6 is 0 Å². The van der Waals surface area contributed by atoms with Gasteiger partial charge in [0.2, 0.25) is 5.69 Å². The molecule has 1 aromatic heterocycles. The van der Waals surface area contributed by atoms with Crippen LogP contribution in [-0.2, 0) is 0 Å². The van der Waals surface area contributed by atoms with Gasteiger partial charge in [0.05, 0.1) is 18.0 Å². The van der Waals surface area contributed by atoms with E-state index in [-0.39, 0.29) is 0 Å². The fraction of sp³-hybridized carbons (Fsp3) is 0.100. The van der Waals surface area contributed by atoms with Crippen LogP contribution in [0.25, 0.3) is 16.1 Å². The maximum Gasteiger partial charge on any atom is 0.418 e. The van der Waals surface area contributed by atoms with E-state index in [1.165, 1.54) is 4.90 Å². The molecule has 1 heterocycles. The van der Waals surface area contributed by atoms with Crippen LogP contribution in [0, 0.1) is 13.5 Å².